The first-order valence-electron chi connectivity index (χ1n) is 6.75. The molecule has 0 amide bonds. The van der Waals surface area contributed by atoms with Gasteiger partial charge in [-0.25, -0.2) is 17.5 Å². The van der Waals surface area contributed by atoms with E-state index in [2.05, 4.69) is 4.72 Å². The second-order valence-electron chi connectivity index (χ2n) is 5.27. The summed E-state index contributed by atoms with van der Waals surface area (Å²) in [5, 5.41) is 0. The lowest BCUT2D eigenvalue weighted by atomic mass is 9.90. The molecule has 1 N–H and O–H groups in total. The fraction of sp³-hybridized carbons (Fsp3) is 0.571. The van der Waals surface area contributed by atoms with Crippen molar-refractivity contribution in [2.24, 2.45) is 5.92 Å². The Morgan fingerprint density at radius 3 is 2.58 bits per heavy atom. The van der Waals surface area contributed by atoms with Crippen LogP contribution in [0.15, 0.2) is 23.1 Å². The van der Waals surface area contributed by atoms with Crippen LogP contribution in [0.25, 0.3) is 0 Å². The van der Waals surface area contributed by atoms with Crippen molar-refractivity contribution in [1.82, 2.24) is 4.72 Å². The maximum atomic E-state index is 13.4. The number of halogens is 1. The second-order valence-corrected chi connectivity index (χ2v) is 7.03. The molecule has 5 heteroatoms. The van der Waals surface area contributed by atoms with Crippen molar-refractivity contribution in [1.29, 1.82) is 0 Å². The van der Waals surface area contributed by atoms with E-state index in [-0.39, 0.29) is 4.90 Å². The van der Waals surface area contributed by atoms with Gasteiger partial charge in [0.15, 0.2) is 0 Å². The average molecular weight is 285 g/mol. The van der Waals surface area contributed by atoms with E-state index >= 15 is 0 Å². The predicted molar refractivity (Wildman–Crippen MR) is 72.9 cm³/mol. The van der Waals surface area contributed by atoms with Gasteiger partial charge in [-0.3, -0.25) is 0 Å². The Labute approximate surface area is 114 Å². The molecule has 19 heavy (non-hydrogen) atoms. The van der Waals surface area contributed by atoms with Gasteiger partial charge in [0.1, 0.15) is 5.82 Å². The quantitative estimate of drug-likeness (QED) is 0.924. The van der Waals surface area contributed by atoms with Crippen LogP contribution in [0.5, 0.6) is 0 Å². The Morgan fingerprint density at radius 2 is 1.95 bits per heavy atom. The summed E-state index contributed by atoms with van der Waals surface area (Å²) in [5.41, 5.74) is 0.450. The Hall–Kier alpha value is -0.940. The molecule has 2 rings (SSSR count). The van der Waals surface area contributed by atoms with Crippen molar-refractivity contribution in [3.8, 4) is 0 Å². The number of hydrogen-bond donors (Lipinski definition) is 1. The third-order valence-electron chi connectivity index (χ3n) is 3.74. The lowest BCUT2D eigenvalue weighted by Gasteiger charge is -2.21. The summed E-state index contributed by atoms with van der Waals surface area (Å²) in [6.07, 6.45) is 5.74. The van der Waals surface area contributed by atoms with Crippen molar-refractivity contribution in [2.75, 3.05) is 6.54 Å². The standard InChI is InChI=1S/C14H20FNO2S/c1-11-7-8-13(9-14(11)15)19(17,18)16-10-12-5-3-2-4-6-12/h7-9,12,16H,2-6,10H2,1H3. The van der Waals surface area contributed by atoms with E-state index in [1.54, 1.807) is 6.92 Å². The molecule has 1 aromatic carbocycles. The lowest BCUT2D eigenvalue weighted by molar-refractivity contribution is 0.357. The number of rotatable bonds is 4. The summed E-state index contributed by atoms with van der Waals surface area (Å²) in [5.74, 6) is -0.0700. The minimum absolute atomic E-state index is 0.00593. The maximum Gasteiger partial charge on any atom is 0.240 e. The first-order chi connectivity index (χ1) is 8.99. The van der Waals surface area contributed by atoms with E-state index in [1.165, 1.54) is 31.4 Å². The molecule has 1 aliphatic carbocycles. The Kier molecular flexibility index (Phi) is 4.58. The van der Waals surface area contributed by atoms with Gasteiger partial charge in [0.05, 0.1) is 4.90 Å². The molecular weight excluding hydrogens is 265 g/mol. The fourth-order valence-electron chi connectivity index (χ4n) is 2.44. The molecule has 1 aromatic rings. The molecule has 0 bridgehead atoms. The highest BCUT2D eigenvalue weighted by atomic mass is 32.2. The first kappa shape index (κ1) is 14.5. The number of hydrogen-bond acceptors (Lipinski definition) is 2. The van der Waals surface area contributed by atoms with Gasteiger partial charge in [-0.1, -0.05) is 25.3 Å². The Balaban J connectivity index is 2.02. The van der Waals surface area contributed by atoms with E-state index in [1.807, 2.05) is 0 Å². The van der Waals surface area contributed by atoms with E-state index in [9.17, 15) is 12.8 Å². The van der Waals surface area contributed by atoms with Gasteiger partial charge in [-0.05, 0) is 43.4 Å². The molecule has 0 radical (unpaired) electrons. The normalized spacial score (nSPS) is 17.6. The summed E-state index contributed by atoms with van der Waals surface area (Å²) in [4.78, 5) is 0.00593. The zero-order valence-electron chi connectivity index (χ0n) is 11.2. The van der Waals surface area contributed by atoms with E-state index in [0.29, 0.717) is 18.0 Å². The van der Waals surface area contributed by atoms with Gasteiger partial charge in [-0.2, -0.15) is 0 Å². The maximum absolute atomic E-state index is 13.4. The van der Waals surface area contributed by atoms with Crippen LogP contribution in [0.3, 0.4) is 0 Å². The molecule has 1 fully saturated rings. The van der Waals surface area contributed by atoms with Gasteiger partial charge in [-0.15, -0.1) is 0 Å². The topological polar surface area (TPSA) is 46.2 Å². The van der Waals surface area contributed by atoms with Crippen molar-refractivity contribution in [2.45, 2.75) is 43.9 Å². The predicted octanol–water partition coefficient (Wildman–Crippen LogP) is 2.99. The number of benzene rings is 1. The molecule has 0 atom stereocenters. The molecule has 0 saturated heterocycles. The van der Waals surface area contributed by atoms with Crippen LogP contribution >= 0.6 is 0 Å². The molecule has 0 heterocycles. The minimum atomic E-state index is -3.59. The van der Waals surface area contributed by atoms with E-state index < -0.39 is 15.8 Å². The molecule has 0 spiro atoms. The van der Waals surface area contributed by atoms with Crippen molar-refractivity contribution in [3.05, 3.63) is 29.6 Å². The highest BCUT2D eigenvalue weighted by molar-refractivity contribution is 7.89. The average Bonchev–Trinajstić information content (AvgIpc) is 2.41. The fourth-order valence-corrected chi connectivity index (χ4v) is 3.57. The van der Waals surface area contributed by atoms with Gasteiger partial charge >= 0.3 is 0 Å². The van der Waals surface area contributed by atoms with Gasteiger partial charge < -0.3 is 0 Å². The van der Waals surface area contributed by atoms with Crippen LogP contribution in [-0.4, -0.2) is 15.0 Å². The Morgan fingerprint density at radius 1 is 1.26 bits per heavy atom. The molecule has 1 saturated carbocycles. The van der Waals surface area contributed by atoms with Gasteiger partial charge in [0.2, 0.25) is 10.0 Å². The third-order valence-corrected chi connectivity index (χ3v) is 5.16. The summed E-state index contributed by atoms with van der Waals surface area (Å²) < 4.78 is 40.1. The smallest absolute Gasteiger partial charge is 0.211 e. The van der Waals surface area contributed by atoms with Crippen LogP contribution in [-0.2, 0) is 10.0 Å². The molecular formula is C14H20FNO2S. The van der Waals surface area contributed by atoms with Crippen molar-refractivity contribution < 1.29 is 12.8 Å². The molecule has 106 valence electrons. The number of sulfonamides is 1. The third kappa shape index (κ3) is 3.76. The monoisotopic (exact) mass is 285 g/mol. The molecule has 1 aliphatic rings. The number of aryl methyl sites for hydroxylation is 1. The minimum Gasteiger partial charge on any atom is -0.211 e. The van der Waals surface area contributed by atoms with Crippen LogP contribution in [0.1, 0.15) is 37.7 Å². The molecule has 3 nitrogen and oxygen atoms in total. The Bertz CT molecular complexity index is 536. The SMILES string of the molecule is Cc1ccc(S(=O)(=O)NCC2CCCCC2)cc1F. The van der Waals surface area contributed by atoms with E-state index in [0.717, 1.165) is 18.9 Å². The summed E-state index contributed by atoms with van der Waals surface area (Å²) in [6.45, 7) is 2.07. The zero-order chi connectivity index (χ0) is 13.9. The molecule has 0 aliphatic heterocycles. The van der Waals surface area contributed by atoms with Gasteiger partial charge in [0, 0.05) is 6.54 Å². The van der Waals surface area contributed by atoms with Crippen LogP contribution in [0.2, 0.25) is 0 Å². The van der Waals surface area contributed by atoms with Crippen molar-refractivity contribution in [3.63, 3.8) is 0 Å². The van der Waals surface area contributed by atoms with Crippen LogP contribution in [0.4, 0.5) is 4.39 Å². The molecule has 0 aromatic heterocycles. The summed E-state index contributed by atoms with van der Waals surface area (Å²) in [6, 6.07) is 4.02. The summed E-state index contributed by atoms with van der Waals surface area (Å²) in [7, 11) is -3.59. The number of nitrogens with one attached hydrogen (secondary N) is 1. The lowest BCUT2D eigenvalue weighted by Crippen LogP contribution is -2.30. The first-order valence-corrected chi connectivity index (χ1v) is 8.23. The van der Waals surface area contributed by atoms with Gasteiger partial charge in [0.25, 0.3) is 0 Å². The second kappa shape index (κ2) is 6.01. The van der Waals surface area contributed by atoms with Crippen molar-refractivity contribution >= 4 is 10.0 Å². The van der Waals surface area contributed by atoms with Crippen LogP contribution < -0.4 is 4.72 Å². The van der Waals surface area contributed by atoms with Crippen LogP contribution in [0, 0.1) is 18.7 Å². The van der Waals surface area contributed by atoms with E-state index in [4.69, 9.17) is 0 Å². The zero-order valence-corrected chi connectivity index (χ0v) is 12.0. The largest absolute Gasteiger partial charge is 0.240 e. The summed E-state index contributed by atoms with van der Waals surface area (Å²) >= 11 is 0. The highest BCUT2D eigenvalue weighted by Crippen LogP contribution is 2.23. The highest BCUT2D eigenvalue weighted by Gasteiger charge is 2.19. The molecule has 0 unspecified atom stereocenters.